The highest BCUT2D eigenvalue weighted by atomic mass is 35.5. The molecule has 0 aliphatic carbocycles. The molecular weight excluding hydrogens is 376 g/mol. The number of ether oxygens (including phenoxy) is 1. The van der Waals surface area contributed by atoms with E-state index in [4.69, 9.17) is 20.8 Å². The Morgan fingerprint density at radius 3 is 2.39 bits per heavy atom. The highest BCUT2D eigenvalue weighted by Gasteiger charge is 2.21. The molecule has 0 saturated heterocycles. The molecule has 2 heterocycles. The molecule has 6 heteroatoms. The lowest BCUT2D eigenvalue weighted by molar-refractivity contribution is 0.421. The number of hydrogen-bond donors (Lipinski definition) is 0. The minimum atomic E-state index is -0.303. The van der Waals surface area contributed by atoms with E-state index in [1.54, 1.807) is 24.3 Å². The van der Waals surface area contributed by atoms with Crippen LogP contribution in [0.2, 0.25) is 5.02 Å². The molecular formula is C22H17ClN2O3. The minimum Gasteiger partial charge on any atom is -0.452 e. The summed E-state index contributed by atoms with van der Waals surface area (Å²) >= 11 is 6.36. The van der Waals surface area contributed by atoms with Gasteiger partial charge >= 0.3 is 6.01 Å². The lowest BCUT2D eigenvalue weighted by Gasteiger charge is -2.12. The Labute approximate surface area is 166 Å². The van der Waals surface area contributed by atoms with Gasteiger partial charge in [0.2, 0.25) is 11.2 Å². The number of nitrogens with zero attached hydrogens (tertiary/aromatic N) is 2. The molecule has 0 atom stereocenters. The summed E-state index contributed by atoms with van der Waals surface area (Å²) in [6.45, 7) is 5.58. The van der Waals surface area contributed by atoms with Crippen LogP contribution in [0.15, 0.2) is 57.7 Å². The summed E-state index contributed by atoms with van der Waals surface area (Å²) in [5.41, 5.74) is 3.13. The molecule has 0 fully saturated rings. The van der Waals surface area contributed by atoms with E-state index < -0.39 is 0 Å². The first kappa shape index (κ1) is 18.2. The fraction of sp³-hybridized carbons (Fsp3) is 0.136. The van der Waals surface area contributed by atoms with Crippen LogP contribution in [0.4, 0.5) is 0 Å². The summed E-state index contributed by atoms with van der Waals surface area (Å²) in [5.74, 6) is 0.255. The number of benzene rings is 2. The zero-order valence-electron chi connectivity index (χ0n) is 15.6. The topological polar surface area (TPSA) is 65.2 Å². The first-order valence-electron chi connectivity index (χ1n) is 8.75. The first-order chi connectivity index (χ1) is 13.4. The van der Waals surface area contributed by atoms with Crippen LogP contribution in [0, 0.1) is 20.8 Å². The predicted molar refractivity (Wildman–Crippen MR) is 109 cm³/mol. The predicted octanol–water partition coefficient (Wildman–Crippen LogP) is 5.62. The van der Waals surface area contributed by atoms with Gasteiger partial charge in [-0.1, -0.05) is 35.4 Å². The largest absolute Gasteiger partial charge is 0.452 e. The second kappa shape index (κ2) is 7.09. The second-order valence-corrected chi connectivity index (χ2v) is 7.01. The zero-order valence-corrected chi connectivity index (χ0v) is 16.4. The first-order valence-corrected chi connectivity index (χ1v) is 9.12. The van der Waals surface area contributed by atoms with E-state index in [0.29, 0.717) is 21.6 Å². The standard InChI is InChI=1S/C22H17ClN2O3/c1-12-8-9-18-16(10-12)19(26)21(28-22-24-13(2)11-14(3)25-22)20(27-18)15-6-4-5-7-17(15)23/h4-11H,1-3H3. The van der Waals surface area contributed by atoms with Crippen molar-refractivity contribution in [3.8, 4) is 23.1 Å². The Morgan fingerprint density at radius 1 is 0.964 bits per heavy atom. The van der Waals surface area contributed by atoms with Gasteiger partial charge in [-0.15, -0.1) is 0 Å². The van der Waals surface area contributed by atoms with Gasteiger partial charge in [0, 0.05) is 17.0 Å². The molecule has 0 amide bonds. The van der Waals surface area contributed by atoms with E-state index in [9.17, 15) is 4.79 Å². The molecule has 2 aromatic carbocycles. The average Bonchev–Trinajstić information content (AvgIpc) is 2.64. The smallest absolute Gasteiger partial charge is 0.322 e. The lowest BCUT2D eigenvalue weighted by atomic mass is 10.1. The van der Waals surface area contributed by atoms with E-state index in [-0.39, 0.29) is 22.9 Å². The van der Waals surface area contributed by atoms with Crippen LogP contribution in [-0.4, -0.2) is 9.97 Å². The van der Waals surface area contributed by atoms with Gasteiger partial charge in [-0.25, -0.2) is 9.97 Å². The highest BCUT2D eigenvalue weighted by Crippen LogP contribution is 2.36. The molecule has 0 bridgehead atoms. The molecule has 0 N–H and O–H groups in total. The number of halogens is 1. The van der Waals surface area contributed by atoms with Gasteiger partial charge < -0.3 is 9.15 Å². The van der Waals surface area contributed by atoms with Crippen LogP contribution >= 0.6 is 11.6 Å². The monoisotopic (exact) mass is 392 g/mol. The highest BCUT2D eigenvalue weighted by molar-refractivity contribution is 6.33. The molecule has 4 rings (SSSR count). The number of aromatic nitrogens is 2. The lowest BCUT2D eigenvalue weighted by Crippen LogP contribution is -2.09. The average molecular weight is 393 g/mol. The molecule has 0 aliphatic rings. The van der Waals surface area contributed by atoms with Crippen LogP contribution in [0.1, 0.15) is 17.0 Å². The van der Waals surface area contributed by atoms with Crippen molar-refractivity contribution in [2.24, 2.45) is 0 Å². The molecule has 0 radical (unpaired) electrons. The number of rotatable bonds is 3. The van der Waals surface area contributed by atoms with Crippen LogP contribution < -0.4 is 10.2 Å². The van der Waals surface area contributed by atoms with E-state index in [0.717, 1.165) is 17.0 Å². The fourth-order valence-electron chi connectivity index (χ4n) is 3.04. The molecule has 28 heavy (non-hydrogen) atoms. The fourth-order valence-corrected chi connectivity index (χ4v) is 3.26. The third-order valence-electron chi connectivity index (χ3n) is 4.28. The van der Waals surface area contributed by atoms with E-state index in [1.165, 1.54) is 0 Å². The van der Waals surface area contributed by atoms with E-state index >= 15 is 0 Å². The van der Waals surface area contributed by atoms with Crippen molar-refractivity contribution >= 4 is 22.6 Å². The van der Waals surface area contributed by atoms with Gasteiger partial charge in [0.05, 0.1) is 10.4 Å². The van der Waals surface area contributed by atoms with Crippen molar-refractivity contribution in [3.63, 3.8) is 0 Å². The molecule has 0 unspecified atom stereocenters. The van der Waals surface area contributed by atoms with Crippen molar-refractivity contribution < 1.29 is 9.15 Å². The molecule has 4 aromatic rings. The van der Waals surface area contributed by atoms with Crippen molar-refractivity contribution in [2.45, 2.75) is 20.8 Å². The molecule has 0 aliphatic heterocycles. The SMILES string of the molecule is Cc1ccc2oc(-c3ccccc3Cl)c(Oc3nc(C)cc(C)n3)c(=O)c2c1. The minimum absolute atomic E-state index is 0.0104. The molecule has 140 valence electrons. The van der Waals surface area contributed by atoms with E-state index in [2.05, 4.69) is 9.97 Å². The molecule has 5 nitrogen and oxygen atoms in total. The Hall–Kier alpha value is -3.18. The van der Waals surface area contributed by atoms with Crippen molar-refractivity contribution in [3.05, 3.63) is 80.7 Å². The summed E-state index contributed by atoms with van der Waals surface area (Å²) in [6.07, 6.45) is 0. The number of aryl methyl sites for hydroxylation is 3. The Balaban J connectivity index is 2.01. The Bertz CT molecular complexity index is 1240. The van der Waals surface area contributed by atoms with Crippen LogP contribution in [0.3, 0.4) is 0 Å². The Kier molecular flexibility index (Phi) is 4.61. The van der Waals surface area contributed by atoms with Crippen molar-refractivity contribution in [1.82, 2.24) is 9.97 Å². The third kappa shape index (κ3) is 3.37. The maximum atomic E-state index is 13.3. The third-order valence-corrected chi connectivity index (χ3v) is 4.61. The van der Waals surface area contributed by atoms with Crippen LogP contribution in [-0.2, 0) is 0 Å². The summed E-state index contributed by atoms with van der Waals surface area (Å²) in [5, 5.41) is 0.874. The van der Waals surface area contributed by atoms with Crippen LogP contribution in [0.5, 0.6) is 11.8 Å². The van der Waals surface area contributed by atoms with Gasteiger partial charge in [-0.05, 0) is 51.1 Å². The van der Waals surface area contributed by atoms with E-state index in [1.807, 2.05) is 45.0 Å². The summed E-state index contributed by atoms with van der Waals surface area (Å²) in [6, 6.07) is 14.5. The zero-order chi connectivity index (χ0) is 19.8. The van der Waals surface area contributed by atoms with Gasteiger partial charge in [0.1, 0.15) is 5.58 Å². The van der Waals surface area contributed by atoms with Crippen molar-refractivity contribution in [1.29, 1.82) is 0 Å². The van der Waals surface area contributed by atoms with Gasteiger partial charge in [-0.2, -0.15) is 0 Å². The summed E-state index contributed by atoms with van der Waals surface area (Å²) in [7, 11) is 0. The maximum absolute atomic E-state index is 13.3. The van der Waals surface area contributed by atoms with Crippen LogP contribution in [0.25, 0.3) is 22.3 Å². The maximum Gasteiger partial charge on any atom is 0.322 e. The van der Waals surface area contributed by atoms with Gasteiger partial charge in [0.15, 0.2) is 5.76 Å². The summed E-state index contributed by atoms with van der Waals surface area (Å²) < 4.78 is 11.9. The normalized spacial score (nSPS) is 11.0. The quantitative estimate of drug-likeness (QED) is 0.452. The molecule has 0 saturated carbocycles. The molecule has 2 aromatic heterocycles. The Morgan fingerprint density at radius 2 is 1.68 bits per heavy atom. The van der Waals surface area contributed by atoms with Crippen molar-refractivity contribution in [2.75, 3.05) is 0 Å². The number of fused-ring (bicyclic) bond motifs is 1. The van der Waals surface area contributed by atoms with Gasteiger partial charge in [-0.3, -0.25) is 4.79 Å². The second-order valence-electron chi connectivity index (χ2n) is 6.60. The summed E-state index contributed by atoms with van der Waals surface area (Å²) in [4.78, 5) is 21.8. The van der Waals surface area contributed by atoms with Gasteiger partial charge in [0.25, 0.3) is 0 Å². The number of hydrogen-bond acceptors (Lipinski definition) is 5. The molecule has 0 spiro atoms.